The van der Waals surface area contributed by atoms with Gasteiger partial charge in [-0.2, -0.15) is 10.5 Å². The molecule has 0 aliphatic rings. The van der Waals surface area contributed by atoms with E-state index in [-0.39, 0.29) is 5.82 Å². The lowest BCUT2D eigenvalue weighted by atomic mass is 9.99. The van der Waals surface area contributed by atoms with Crippen LogP contribution >= 0.6 is 0 Å². The quantitative estimate of drug-likeness (QED) is 0.161. The van der Waals surface area contributed by atoms with Crippen LogP contribution in [0.15, 0.2) is 188 Å². The van der Waals surface area contributed by atoms with Crippen molar-refractivity contribution in [2.75, 3.05) is 0 Å². The van der Waals surface area contributed by atoms with E-state index in [0.717, 1.165) is 66.4 Å². The number of benzene rings is 8. The summed E-state index contributed by atoms with van der Waals surface area (Å²) in [7, 11) is 0. The summed E-state index contributed by atoms with van der Waals surface area (Å²) in [6.07, 6.45) is 0. The van der Waals surface area contributed by atoms with Gasteiger partial charge in [0.25, 0.3) is 0 Å². The summed E-state index contributed by atoms with van der Waals surface area (Å²) in [6.45, 7) is 0. The second kappa shape index (κ2) is 15.1. The van der Waals surface area contributed by atoms with Gasteiger partial charge in [-0.25, -0.2) is 19.3 Å². The first-order chi connectivity index (χ1) is 29.5. The second-order valence-corrected chi connectivity index (χ2v) is 14.4. The summed E-state index contributed by atoms with van der Waals surface area (Å²) in [5.41, 5.74) is 11.1. The first-order valence-electron chi connectivity index (χ1n) is 19.4. The molecular formula is C53H31FN6. The zero-order chi connectivity index (χ0) is 40.6. The van der Waals surface area contributed by atoms with Crippen LogP contribution < -0.4 is 0 Å². The summed E-state index contributed by atoms with van der Waals surface area (Å²) in [5.74, 6) is 1.20. The standard InChI is InChI=1S/C53H31FN6/c54-47-14-8-7-13-43(47)44-28-25-42(53-58-51(38-9-3-1-4-10-38)57-52(59-53)39-11-5-2-6-12-39)31-50(44)60-48-29-40(36-19-15-34(32-55)16-20-36)23-26-45(48)46-27-24-41(30-49(46)60)37-21-17-35(33-56)18-22-37/h1-31H. The monoisotopic (exact) mass is 770 g/mol. The Bertz CT molecular complexity index is 3150. The first-order valence-corrected chi connectivity index (χ1v) is 19.4. The Morgan fingerprint density at radius 2 is 0.817 bits per heavy atom. The average Bonchev–Trinajstić information content (AvgIpc) is 3.65. The smallest absolute Gasteiger partial charge is 0.164 e. The molecule has 0 bridgehead atoms. The third-order valence-corrected chi connectivity index (χ3v) is 10.8. The SMILES string of the molecule is N#Cc1ccc(-c2ccc3c4ccc(-c5ccc(C#N)cc5)cc4n(-c4cc(-c5nc(-c6ccccc6)nc(-c6ccccc6)n5)ccc4-c4ccccc4F)c3c2)cc1. The van der Waals surface area contributed by atoms with Crippen molar-refractivity contribution in [1.82, 2.24) is 19.5 Å². The highest BCUT2D eigenvalue weighted by Gasteiger charge is 2.21. The van der Waals surface area contributed by atoms with Crippen LogP contribution in [0.1, 0.15) is 11.1 Å². The van der Waals surface area contributed by atoms with Crippen LogP contribution in [0.5, 0.6) is 0 Å². The predicted octanol–water partition coefficient (Wildman–Crippen LogP) is 12.9. The fraction of sp³-hybridized carbons (Fsp3) is 0. The maximum Gasteiger partial charge on any atom is 0.164 e. The molecule has 0 spiro atoms. The molecule has 280 valence electrons. The van der Waals surface area contributed by atoms with Crippen LogP contribution in [0.3, 0.4) is 0 Å². The van der Waals surface area contributed by atoms with E-state index in [1.165, 1.54) is 6.07 Å². The number of fused-ring (bicyclic) bond motifs is 3. The van der Waals surface area contributed by atoms with Gasteiger partial charge in [0.05, 0.1) is 40.0 Å². The lowest BCUT2D eigenvalue weighted by Gasteiger charge is -2.17. The fourth-order valence-electron chi connectivity index (χ4n) is 7.81. The van der Waals surface area contributed by atoms with Gasteiger partial charge in [-0.1, -0.05) is 140 Å². The van der Waals surface area contributed by atoms with Gasteiger partial charge in [-0.3, -0.25) is 0 Å². The summed E-state index contributed by atoms with van der Waals surface area (Å²) in [5, 5.41) is 21.0. The van der Waals surface area contributed by atoms with Crippen molar-refractivity contribution < 1.29 is 4.39 Å². The van der Waals surface area contributed by atoms with Crippen molar-refractivity contribution in [1.29, 1.82) is 10.5 Å². The molecule has 7 heteroatoms. The summed E-state index contributed by atoms with van der Waals surface area (Å²) >= 11 is 0. The van der Waals surface area contributed by atoms with E-state index in [1.807, 2.05) is 133 Å². The highest BCUT2D eigenvalue weighted by Crippen LogP contribution is 2.41. The number of nitriles is 2. The number of rotatable bonds is 7. The van der Waals surface area contributed by atoms with Gasteiger partial charge in [-0.15, -0.1) is 0 Å². The molecule has 0 saturated heterocycles. The number of halogens is 1. The van der Waals surface area contributed by atoms with Crippen LogP contribution in [0.4, 0.5) is 4.39 Å². The van der Waals surface area contributed by atoms with Crippen LogP contribution in [-0.4, -0.2) is 19.5 Å². The third kappa shape index (κ3) is 6.53. The van der Waals surface area contributed by atoms with Crippen molar-refractivity contribution in [3.63, 3.8) is 0 Å². The van der Waals surface area contributed by atoms with Gasteiger partial charge < -0.3 is 4.57 Å². The van der Waals surface area contributed by atoms with Gasteiger partial charge in [0.2, 0.25) is 0 Å². The van der Waals surface area contributed by atoms with Crippen molar-refractivity contribution >= 4 is 21.8 Å². The van der Waals surface area contributed by atoms with Crippen LogP contribution in [-0.2, 0) is 0 Å². The molecule has 0 atom stereocenters. The highest BCUT2D eigenvalue weighted by atomic mass is 19.1. The zero-order valence-electron chi connectivity index (χ0n) is 32.0. The number of hydrogen-bond donors (Lipinski definition) is 0. The van der Waals surface area contributed by atoms with Gasteiger partial charge in [0, 0.05) is 38.6 Å². The molecule has 6 nitrogen and oxygen atoms in total. The Morgan fingerprint density at radius 1 is 0.383 bits per heavy atom. The Balaban J connectivity index is 1.28. The Kier molecular flexibility index (Phi) is 9.02. The topological polar surface area (TPSA) is 91.2 Å². The van der Waals surface area contributed by atoms with E-state index in [0.29, 0.717) is 39.7 Å². The molecule has 2 aromatic heterocycles. The Hall–Kier alpha value is -8.52. The van der Waals surface area contributed by atoms with Crippen molar-refractivity contribution in [3.8, 4) is 85.4 Å². The Morgan fingerprint density at radius 3 is 1.30 bits per heavy atom. The molecule has 10 aromatic rings. The van der Waals surface area contributed by atoms with Gasteiger partial charge >= 0.3 is 0 Å². The second-order valence-electron chi connectivity index (χ2n) is 14.4. The molecule has 0 saturated carbocycles. The molecule has 0 radical (unpaired) electrons. The minimum atomic E-state index is -0.346. The lowest BCUT2D eigenvalue weighted by molar-refractivity contribution is 0.631. The molecule has 0 fully saturated rings. The molecule has 0 unspecified atom stereocenters. The molecule has 0 N–H and O–H groups in total. The summed E-state index contributed by atoms with van der Waals surface area (Å²) < 4.78 is 18.2. The average molecular weight is 771 g/mol. The van der Waals surface area contributed by atoms with Crippen LogP contribution in [0, 0.1) is 28.5 Å². The normalized spacial score (nSPS) is 11.1. The van der Waals surface area contributed by atoms with E-state index in [9.17, 15) is 10.5 Å². The minimum absolute atomic E-state index is 0.346. The predicted molar refractivity (Wildman–Crippen MR) is 236 cm³/mol. The molecular weight excluding hydrogens is 740 g/mol. The summed E-state index contributed by atoms with van der Waals surface area (Å²) in [6, 6.07) is 64.7. The largest absolute Gasteiger partial charge is 0.309 e. The number of nitrogens with zero attached hydrogens (tertiary/aromatic N) is 6. The molecule has 0 amide bonds. The molecule has 10 rings (SSSR count). The molecule has 2 heterocycles. The number of hydrogen-bond acceptors (Lipinski definition) is 5. The summed E-state index contributed by atoms with van der Waals surface area (Å²) in [4.78, 5) is 15.0. The van der Waals surface area contributed by atoms with Crippen molar-refractivity contribution in [3.05, 3.63) is 205 Å². The van der Waals surface area contributed by atoms with Crippen molar-refractivity contribution in [2.24, 2.45) is 0 Å². The lowest BCUT2D eigenvalue weighted by Crippen LogP contribution is -2.03. The van der Waals surface area contributed by atoms with Gasteiger partial charge in [-0.05, 0) is 70.8 Å². The van der Waals surface area contributed by atoms with E-state index in [1.54, 1.807) is 12.1 Å². The first kappa shape index (κ1) is 35.9. The van der Waals surface area contributed by atoms with Gasteiger partial charge in [0.1, 0.15) is 5.82 Å². The maximum atomic E-state index is 16.0. The fourth-order valence-corrected chi connectivity index (χ4v) is 7.81. The van der Waals surface area contributed by atoms with E-state index < -0.39 is 0 Å². The van der Waals surface area contributed by atoms with Crippen LogP contribution in [0.25, 0.3) is 95.0 Å². The van der Waals surface area contributed by atoms with E-state index in [2.05, 4.69) is 53.1 Å². The highest BCUT2D eigenvalue weighted by molar-refractivity contribution is 6.11. The minimum Gasteiger partial charge on any atom is -0.309 e. The molecule has 0 aliphatic carbocycles. The maximum absolute atomic E-state index is 16.0. The number of aromatic nitrogens is 4. The van der Waals surface area contributed by atoms with E-state index >= 15 is 4.39 Å². The molecule has 8 aromatic carbocycles. The molecule has 0 aliphatic heterocycles. The zero-order valence-corrected chi connectivity index (χ0v) is 32.0. The molecule has 60 heavy (non-hydrogen) atoms. The third-order valence-electron chi connectivity index (χ3n) is 10.8. The van der Waals surface area contributed by atoms with Crippen LogP contribution in [0.2, 0.25) is 0 Å². The van der Waals surface area contributed by atoms with Gasteiger partial charge in [0.15, 0.2) is 17.5 Å². The van der Waals surface area contributed by atoms with Crippen molar-refractivity contribution in [2.45, 2.75) is 0 Å². The Labute approximate surface area is 345 Å². The van der Waals surface area contributed by atoms with E-state index in [4.69, 9.17) is 15.0 Å².